The third-order valence-corrected chi connectivity index (χ3v) is 5.61. The van der Waals surface area contributed by atoms with Gasteiger partial charge >= 0.3 is 5.97 Å². The number of rotatable bonds is 7. The lowest BCUT2D eigenvalue weighted by Gasteiger charge is -2.35. The number of esters is 1. The molecule has 1 fully saturated rings. The van der Waals surface area contributed by atoms with Gasteiger partial charge in [0.1, 0.15) is 11.3 Å². The minimum absolute atomic E-state index is 0.105. The van der Waals surface area contributed by atoms with Gasteiger partial charge in [0, 0.05) is 18.2 Å². The molecule has 7 heteroatoms. The highest BCUT2D eigenvalue weighted by molar-refractivity contribution is 5.95. The molecule has 7 nitrogen and oxygen atoms in total. The van der Waals surface area contributed by atoms with Gasteiger partial charge in [-0.15, -0.1) is 0 Å². The van der Waals surface area contributed by atoms with Gasteiger partial charge in [-0.1, -0.05) is 26.7 Å². The standard InChI is InChI=1S/C21H31NO6/c1-12-8-7-9-16(13(12)2)22-20(23)14(3)28-21(24)15-10-18(26-5)19(27-6)11-17(15)25-4/h10-14,16H,7-9H2,1-6H3,(H,22,23)/t12-,13+,14+,16+/m0/s1. The molecule has 156 valence electrons. The molecule has 1 aliphatic rings. The monoisotopic (exact) mass is 393 g/mol. The van der Waals surface area contributed by atoms with Crippen LogP contribution in [-0.4, -0.2) is 45.4 Å². The molecule has 1 amide bonds. The molecular weight excluding hydrogens is 362 g/mol. The number of nitrogens with one attached hydrogen (secondary N) is 1. The Labute approximate surface area is 166 Å². The van der Waals surface area contributed by atoms with Gasteiger partial charge in [-0.2, -0.15) is 0 Å². The molecule has 0 saturated heterocycles. The Hall–Kier alpha value is -2.44. The number of ether oxygens (including phenoxy) is 4. The van der Waals surface area contributed by atoms with Crippen LogP contribution >= 0.6 is 0 Å². The fourth-order valence-electron chi connectivity index (χ4n) is 3.55. The summed E-state index contributed by atoms with van der Waals surface area (Å²) < 4.78 is 21.1. The average Bonchev–Trinajstić information content (AvgIpc) is 2.69. The molecule has 1 aliphatic carbocycles. The predicted octanol–water partition coefficient (Wildman–Crippen LogP) is 3.20. The second-order valence-corrected chi connectivity index (χ2v) is 7.34. The Kier molecular flexibility index (Phi) is 7.54. The van der Waals surface area contributed by atoms with Gasteiger partial charge in [0.25, 0.3) is 5.91 Å². The largest absolute Gasteiger partial charge is 0.496 e. The molecule has 0 heterocycles. The molecule has 2 rings (SSSR count). The van der Waals surface area contributed by atoms with Crippen LogP contribution in [0.2, 0.25) is 0 Å². The summed E-state index contributed by atoms with van der Waals surface area (Å²) in [5.41, 5.74) is 0.166. The van der Waals surface area contributed by atoms with E-state index in [-0.39, 0.29) is 23.3 Å². The van der Waals surface area contributed by atoms with E-state index < -0.39 is 12.1 Å². The van der Waals surface area contributed by atoms with E-state index in [1.807, 2.05) is 0 Å². The van der Waals surface area contributed by atoms with Crippen molar-refractivity contribution < 1.29 is 28.5 Å². The SMILES string of the molecule is COc1cc(OC)c(C(=O)O[C@H](C)C(=O)N[C@@H]2CCC[C@H](C)[C@H]2C)cc1OC. The topological polar surface area (TPSA) is 83.1 Å². The summed E-state index contributed by atoms with van der Waals surface area (Å²) in [4.78, 5) is 25.2. The summed E-state index contributed by atoms with van der Waals surface area (Å²) in [6.07, 6.45) is 2.29. The van der Waals surface area contributed by atoms with Gasteiger partial charge in [-0.05, 0) is 25.2 Å². The minimum atomic E-state index is -0.922. The van der Waals surface area contributed by atoms with E-state index >= 15 is 0 Å². The number of hydrogen-bond acceptors (Lipinski definition) is 6. The Balaban J connectivity index is 2.08. The number of methoxy groups -OCH3 is 3. The Morgan fingerprint density at radius 1 is 1.00 bits per heavy atom. The number of carbonyl (C=O) groups is 2. The minimum Gasteiger partial charge on any atom is -0.496 e. The molecule has 1 aromatic carbocycles. The predicted molar refractivity (Wildman–Crippen MR) is 105 cm³/mol. The molecule has 0 spiro atoms. The molecule has 0 unspecified atom stereocenters. The van der Waals surface area contributed by atoms with Crippen LogP contribution in [0.3, 0.4) is 0 Å². The zero-order chi connectivity index (χ0) is 20.8. The normalized spacial score (nSPS) is 22.7. The zero-order valence-corrected chi connectivity index (χ0v) is 17.5. The molecule has 1 aromatic rings. The maximum absolute atomic E-state index is 12.6. The van der Waals surface area contributed by atoms with Crippen molar-refractivity contribution in [3.63, 3.8) is 0 Å². The first-order valence-electron chi connectivity index (χ1n) is 9.63. The van der Waals surface area contributed by atoms with Gasteiger partial charge in [0.2, 0.25) is 0 Å². The van der Waals surface area contributed by atoms with E-state index in [9.17, 15) is 9.59 Å². The van der Waals surface area contributed by atoms with Crippen molar-refractivity contribution in [1.82, 2.24) is 5.32 Å². The average molecular weight is 393 g/mol. The van der Waals surface area contributed by atoms with Crippen LogP contribution in [0.4, 0.5) is 0 Å². The van der Waals surface area contributed by atoms with Crippen molar-refractivity contribution in [3.8, 4) is 17.2 Å². The van der Waals surface area contributed by atoms with Crippen molar-refractivity contribution in [2.75, 3.05) is 21.3 Å². The lowest BCUT2D eigenvalue weighted by molar-refractivity contribution is -0.130. The van der Waals surface area contributed by atoms with Crippen molar-refractivity contribution >= 4 is 11.9 Å². The molecule has 28 heavy (non-hydrogen) atoms. The first-order valence-corrected chi connectivity index (χ1v) is 9.63. The van der Waals surface area contributed by atoms with Crippen LogP contribution in [-0.2, 0) is 9.53 Å². The Morgan fingerprint density at radius 3 is 2.21 bits per heavy atom. The zero-order valence-electron chi connectivity index (χ0n) is 17.5. The second-order valence-electron chi connectivity index (χ2n) is 7.34. The third kappa shape index (κ3) is 4.88. The van der Waals surface area contributed by atoms with Gasteiger partial charge in [0.05, 0.1) is 21.3 Å². The van der Waals surface area contributed by atoms with E-state index in [0.717, 1.165) is 12.8 Å². The highest BCUT2D eigenvalue weighted by atomic mass is 16.6. The number of carbonyl (C=O) groups excluding carboxylic acids is 2. The summed E-state index contributed by atoms with van der Waals surface area (Å²) in [5, 5.41) is 3.03. The van der Waals surface area contributed by atoms with E-state index in [1.54, 1.807) is 13.0 Å². The van der Waals surface area contributed by atoms with Gasteiger partial charge < -0.3 is 24.3 Å². The van der Waals surface area contributed by atoms with E-state index in [2.05, 4.69) is 19.2 Å². The van der Waals surface area contributed by atoms with Crippen LogP contribution in [0.1, 0.15) is 50.4 Å². The number of benzene rings is 1. The van der Waals surface area contributed by atoms with Crippen molar-refractivity contribution in [2.24, 2.45) is 11.8 Å². The first-order chi connectivity index (χ1) is 13.3. The second kappa shape index (κ2) is 9.66. The highest BCUT2D eigenvalue weighted by Gasteiger charge is 2.30. The Bertz CT molecular complexity index is 704. The molecular formula is C21H31NO6. The van der Waals surface area contributed by atoms with Crippen LogP contribution in [0.15, 0.2) is 12.1 Å². The maximum Gasteiger partial charge on any atom is 0.342 e. The summed E-state index contributed by atoms with van der Waals surface area (Å²) in [7, 11) is 4.41. The Morgan fingerprint density at radius 2 is 1.61 bits per heavy atom. The van der Waals surface area contributed by atoms with E-state index in [4.69, 9.17) is 18.9 Å². The quantitative estimate of drug-likeness (QED) is 0.717. The molecule has 0 aromatic heterocycles. The van der Waals surface area contributed by atoms with E-state index in [1.165, 1.54) is 33.8 Å². The molecule has 1 N–H and O–H groups in total. The van der Waals surface area contributed by atoms with Crippen LogP contribution in [0.5, 0.6) is 17.2 Å². The summed E-state index contributed by atoms with van der Waals surface area (Å²) in [5.74, 6) is 1.09. The molecule has 0 radical (unpaired) electrons. The molecule has 1 saturated carbocycles. The van der Waals surface area contributed by atoms with Gasteiger partial charge in [-0.3, -0.25) is 4.79 Å². The van der Waals surface area contributed by atoms with Gasteiger partial charge in [-0.25, -0.2) is 4.79 Å². The lowest BCUT2D eigenvalue weighted by atomic mass is 9.78. The summed E-state index contributed by atoms with van der Waals surface area (Å²) in [6.45, 7) is 5.92. The van der Waals surface area contributed by atoms with Crippen molar-refractivity contribution in [2.45, 2.75) is 52.2 Å². The van der Waals surface area contributed by atoms with Crippen LogP contribution < -0.4 is 19.5 Å². The fraction of sp³-hybridized carbons (Fsp3) is 0.619. The van der Waals surface area contributed by atoms with Crippen LogP contribution in [0.25, 0.3) is 0 Å². The fourth-order valence-corrected chi connectivity index (χ4v) is 3.55. The maximum atomic E-state index is 12.6. The first kappa shape index (κ1) is 21.9. The van der Waals surface area contributed by atoms with Crippen molar-refractivity contribution in [3.05, 3.63) is 17.7 Å². The highest BCUT2D eigenvalue weighted by Crippen LogP contribution is 2.35. The number of hydrogen-bond donors (Lipinski definition) is 1. The third-order valence-electron chi connectivity index (χ3n) is 5.61. The molecule has 4 atom stereocenters. The van der Waals surface area contributed by atoms with E-state index in [0.29, 0.717) is 23.3 Å². The van der Waals surface area contributed by atoms with Crippen LogP contribution in [0, 0.1) is 11.8 Å². The van der Waals surface area contributed by atoms with Gasteiger partial charge in [0.15, 0.2) is 17.6 Å². The molecule has 0 aliphatic heterocycles. The number of amides is 1. The lowest BCUT2D eigenvalue weighted by Crippen LogP contribution is -2.47. The summed E-state index contributed by atoms with van der Waals surface area (Å²) >= 11 is 0. The molecule has 0 bridgehead atoms. The smallest absolute Gasteiger partial charge is 0.342 e. The van der Waals surface area contributed by atoms with Crippen molar-refractivity contribution in [1.29, 1.82) is 0 Å². The summed E-state index contributed by atoms with van der Waals surface area (Å²) in [6, 6.07) is 3.13.